The molecule has 0 radical (unpaired) electrons. The fourth-order valence-corrected chi connectivity index (χ4v) is 3.05. The average molecular weight is 347 g/mol. The number of nitrogens with zero attached hydrogens (tertiary/aromatic N) is 1. The summed E-state index contributed by atoms with van der Waals surface area (Å²) in [5.74, 6) is 0.772. The van der Waals surface area contributed by atoms with Gasteiger partial charge < -0.3 is 15.4 Å². The third-order valence-electron chi connectivity index (χ3n) is 3.64. The molecule has 1 aromatic heterocycles. The first-order valence-corrected chi connectivity index (χ1v) is 9.28. The number of aromatic nitrogens is 1. The van der Waals surface area contributed by atoms with Crippen LogP contribution in [0.4, 0.5) is 10.5 Å². The smallest absolute Gasteiger partial charge is 0.319 e. The van der Waals surface area contributed by atoms with Crippen molar-refractivity contribution in [3.63, 3.8) is 0 Å². The molecule has 1 atom stereocenters. The van der Waals surface area contributed by atoms with Gasteiger partial charge in [0.15, 0.2) is 14.9 Å². The lowest BCUT2D eigenvalue weighted by molar-refractivity contribution is 0.232. The number of pyridine rings is 1. The molecule has 2 aromatic rings. The molecule has 0 bridgehead atoms. The molecule has 2 heterocycles. The topological polar surface area (TPSA) is 97.4 Å². The molecule has 7 nitrogen and oxygen atoms in total. The van der Waals surface area contributed by atoms with Crippen molar-refractivity contribution in [1.29, 1.82) is 0 Å². The van der Waals surface area contributed by atoms with Crippen molar-refractivity contribution >= 4 is 21.6 Å². The summed E-state index contributed by atoms with van der Waals surface area (Å²) in [6.45, 7) is 0.534. The highest BCUT2D eigenvalue weighted by molar-refractivity contribution is 7.90. The molecule has 8 heteroatoms. The lowest BCUT2D eigenvalue weighted by Gasteiger charge is -2.26. The van der Waals surface area contributed by atoms with Crippen LogP contribution in [0.3, 0.4) is 0 Å². The van der Waals surface area contributed by atoms with Gasteiger partial charge in [-0.2, -0.15) is 0 Å². The van der Waals surface area contributed by atoms with E-state index in [9.17, 15) is 13.2 Å². The molecular weight excluding hydrogens is 330 g/mol. The Balaban J connectivity index is 1.66. The SMILES string of the molecule is CS(=O)(=O)c1ccc(NC(=O)N[C@H]2CCOc3ccccc32)cn1. The Morgan fingerprint density at radius 2 is 2.04 bits per heavy atom. The first-order valence-electron chi connectivity index (χ1n) is 7.39. The number of rotatable bonds is 3. The summed E-state index contributed by atoms with van der Waals surface area (Å²) < 4.78 is 28.3. The van der Waals surface area contributed by atoms with Crippen LogP contribution in [0.2, 0.25) is 0 Å². The van der Waals surface area contributed by atoms with Gasteiger partial charge in [-0.25, -0.2) is 18.2 Å². The van der Waals surface area contributed by atoms with E-state index < -0.39 is 9.84 Å². The largest absolute Gasteiger partial charge is 0.493 e. The Hall–Kier alpha value is -2.61. The Morgan fingerprint density at radius 1 is 1.25 bits per heavy atom. The van der Waals surface area contributed by atoms with Crippen LogP contribution in [0.25, 0.3) is 0 Å². The molecule has 1 aliphatic heterocycles. The van der Waals surface area contributed by atoms with Crippen LogP contribution in [0.1, 0.15) is 18.0 Å². The molecule has 0 aliphatic carbocycles. The third kappa shape index (κ3) is 3.65. The van der Waals surface area contributed by atoms with Gasteiger partial charge in [0.2, 0.25) is 0 Å². The summed E-state index contributed by atoms with van der Waals surface area (Å²) in [4.78, 5) is 16.0. The summed E-state index contributed by atoms with van der Waals surface area (Å²) in [5, 5.41) is 5.51. The monoisotopic (exact) mass is 347 g/mol. The summed E-state index contributed by atoms with van der Waals surface area (Å²) in [6, 6.07) is 9.90. The van der Waals surface area contributed by atoms with Crippen LogP contribution in [0, 0.1) is 0 Å². The molecule has 2 N–H and O–H groups in total. The van der Waals surface area contributed by atoms with Gasteiger partial charge in [-0.05, 0) is 18.2 Å². The van der Waals surface area contributed by atoms with Gasteiger partial charge in [0.25, 0.3) is 0 Å². The quantitative estimate of drug-likeness (QED) is 0.886. The number of nitrogens with one attached hydrogen (secondary N) is 2. The van der Waals surface area contributed by atoms with Crippen molar-refractivity contribution in [3.05, 3.63) is 48.2 Å². The van der Waals surface area contributed by atoms with Gasteiger partial charge in [-0.15, -0.1) is 0 Å². The number of hydrogen-bond donors (Lipinski definition) is 2. The van der Waals surface area contributed by atoms with Crippen molar-refractivity contribution in [3.8, 4) is 5.75 Å². The van der Waals surface area contributed by atoms with E-state index in [1.165, 1.54) is 18.3 Å². The predicted molar refractivity (Wildman–Crippen MR) is 88.8 cm³/mol. The van der Waals surface area contributed by atoms with Crippen molar-refractivity contribution in [2.45, 2.75) is 17.5 Å². The third-order valence-corrected chi connectivity index (χ3v) is 4.64. The number of para-hydroxylation sites is 1. The minimum absolute atomic E-state index is 0.0354. The van der Waals surface area contributed by atoms with Crippen molar-refractivity contribution in [2.24, 2.45) is 0 Å². The molecule has 126 valence electrons. The Morgan fingerprint density at radius 3 is 2.75 bits per heavy atom. The fraction of sp³-hybridized carbons (Fsp3) is 0.250. The zero-order valence-electron chi connectivity index (χ0n) is 13.0. The summed E-state index contributed by atoms with van der Waals surface area (Å²) in [6.07, 6.45) is 3.07. The molecule has 3 rings (SSSR count). The van der Waals surface area contributed by atoms with Crippen molar-refractivity contribution in [2.75, 3.05) is 18.2 Å². The molecule has 1 aliphatic rings. The highest BCUT2D eigenvalue weighted by Gasteiger charge is 2.22. The van der Waals surface area contributed by atoms with E-state index >= 15 is 0 Å². The molecular formula is C16H17N3O4S. The van der Waals surface area contributed by atoms with Gasteiger partial charge in [0.1, 0.15) is 5.75 Å². The highest BCUT2D eigenvalue weighted by Crippen LogP contribution is 2.31. The number of benzene rings is 1. The summed E-state index contributed by atoms with van der Waals surface area (Å²) in [5.41, 5.74) is 1.35. The van der Waals surface area contributed by atoms with Crippen LogP contribution in [0.5, 0.6) is 5.75 Å². The van der Waals surface area contributed by atoms with Crippen LogP contribution in [-0.4, -0.2) is 32.3 Å². The predicted octanol–water partition coefficient (Wildman–Crippen LogP) is 2.13. The van der Waals surface area contributed by atoms with E-state index in [0.29, 0.717) is 18.7 Å². The first kappa shape index (κ1) is 16.3. The Bertz CT molecular complexity index is 850. The van der Waals surface area contributed by atoms with E-state index in [4.69, 9.17) is 4.74 Å². The lowest BCUT2D eigenvalue weighted by Crippen LogP contribution is -2.35. The number of amides is 2. The minimum Gasteiger partial charge on any atom is -0.493 e. The molecule has 0 saturated heterocycles. The van der Waals surface area contributed by atoms with E-state index in [1.54, 1.807) is 0 Å². The fourth-order valence-electron chi connectivity index (χ4n) is 2.49. The van der Waals surface area contributed by atoms with E-state index in [2.05, 4.69) is 15.6 Å². The van der Waals surface area contributed by atoms with Crippen LogP contribution >= 0.6 is 0 Å². The van der Waals surface area contributed by atoms with Gasteiger partial charge in [-0.1, -0.05) is 18.2 Å². The second kappa shape index (κ2) is 6.48. The van der Waals surface area contributed by atoms with E-state index in [0.717, 1.165) is 17.6 Å². The maximum Gasteiger partial charge on any atom is 0.319 e. The van der Waals surface area contributed by atoms with Crippen LogP contribution in [0.15, 0.2) is 47.6 Å². The maximum atomic E-state index is 12.2. The number of carbonyl (C=O) groups is 1. The minimum atomic E-state index is -3.36. The zero-order chi connectivity index (χ0) is 17.2. The van der Waals surface area contributed by atoms with Crippen LogP contribution in [-0.2, 0) is 9.84 Å². The second-order valence-corrected chi connectivity index (χ2v) is 7.45. The molecule has 1 aromatic carbocycles. The van der Waals surface area contributed by atoms with Gasteiger partial charge in [-0.3, -0.25) is 0 Å². The van der Waals surface area contributed by atoms with Gasteiger partial charge >= 0.3 is 6.03 Å². The first-order chi connectivity index (χ1) is 11.4. The summed E-state index contributed by atoms with van der Waals surface area (Å²) in [7, 11) is -3.36. The number of anilines is 1. The molecule has 0 fully saturated rings. The lowest BCUT2D eigenvalue weighted by atomic mass is 10.0. The molecule has 0 unspecified atom stereocenters. The zero-order valence-corrected chi connectivity index (χ0v) is 13.8. The number of carbonyl (C=O) groups excluding carboxylic acids is 1. The molecule has 0 spiro atoms. The van der Waals surface area contributed by atoms with Crippen molar-refractivity contribution < 1.29 is 17.9 Å². The molecule has 0 saturated carbocycles. The maximum absolute atomic E-state index is 12.2. The number of urea groups is 1. The van der Waals surface area contributed by atoms with Gasteiger partial charge in [0.05, 0.1) is 24.5 Å². The normalized spacial score (nSPS) is 16.6. The number of ether oxygens (including phenoxy) is 1. The average Bonchev–Trinajstić information content (AvgIpc) is 2.55. The molecule has 2 amide bonds. The number of sulfone groups is 1. The number of hydrogen-bond acceptors (Lipinski definition) is 5. The standard InChI is InChI=1S/C16H17N3O4S/c1-24(21,22)15-7-6-11(10-17-15)18-16(20)19-13-8-9-23-14-5-3-2-4-12(13)14/h2-7,10,13H,8-9H2,1H3,(H2,18,19,20)/t13-/m0/s1. The Kier molecular flexibility index (Phi) is 4.39. The van der Waals surface area contributed by atoms with Crippen molar-refractivity contribution in [1.82, 2.24) is 10.3 Å². The van der Waals surface area contributed by atoms with Gasteiger partial charge in [0, 0.05) is 18.2 Å². The molecule has 24 heavy (non-hydrogen) atoms. The highest BCUT2D eigenvalue weighted by atomic mass is 32.2. The Labute approximate surface area is 140 Å². The second-order valence-electron chi connectivity index (χ2n) is 5.48. The van der Waals surface area contributed by atoms with E-state index in [1.807, 2.05) is 24.3 Å². The van der Waals surface area contributed by atoms with Crippen LogP contribution < -0.4 is 15.4 Å². The number of fused-ring (bicyclic) bond motifs is 1. The summed E-state index contributed by atoms with van der Waals surface area (Å²) >= 11 is 0. The van der Waals surface area contributed by atoms with E-state index in [-0.39, 0.29) is 17.1 Å².